The van der Waals surface area contributed by atoms with Crippen LogP contribution in [0.15, 0.2) is 134 Å². The quantitative estimate of drug-likeness (QED) is 0.129. The summed E-state index contributed by atoms with van der Waals surface area (Å²) in [5.74, 6) is 0.930. The zero-order chi connectivity index (χ0) is 34.8. The Labute approximate surface area is 287 Å². The standard InChI is InChI=1S/C25H24N.C17H12N.Ir/c1-16(2)19-13-20(17(3)4)15-21(14-19)25-24-10-9-18-7-5-6-8-22(18)23(24)11-12-26-25;1-2-7-14(8-3-1)15-9-6-10-16(13-15)17-11-4-5-12-18-17;/h5-14,16-17H,1-4H3;1-9,11-13H;/q2*-1;/i;1D,2D,3D,7D,8D;. The summed E-state index contributed by atoms with van der Waals surface area (Å²) in [6, 6.07) is 35.4. The van der Waals surface area contributed by atoms with Crippen molar-refractivity contribution in [3.63, 3.8) is 0 Å². The molecule has 0 bridgehead atoms. The average molecular weight is 766 g/mol. The fraction of sp³-hybridized carbons (Fsp3) is 0.143. The molecule has 225 valence electrons. The van der Waals surface area contributed by atoms with Crippen LogP contribution in [-0.2, 0) is 20.1 Å². The van der Waals surface area contributed by atoms with Crippen molar-refractivity contribution in [2.75, 3.05) is 0 Å². The Morgan fingerprint density at radius 2 is 1.44 bits per heavy atom. The zero-order valence-electron chi connectivity index (χ0n) is 30.7. The van der Waals surface area contributed by atoms with Gasteiger partial charge >= 0.3 is 0 Å². The molecule has 0 N–H and O–H groups in total. The third kappa shape index (κ3) is 7.28. The van der Waals surface area contributed by atoms with E-state index < -0.39 is 6.04 Å². The van der Waals surface area contributed by atoms with E-state index in [-0.39, 0.29) is 49.8 Å². The van der Waals surface area contributed by atoms with E-state index in [0.717, 1.165) is 11.3 Å². The molecular weight excluding hydrogens is 725 g/mol. The molecule has 0 fully saturated rings. The van der Waals surface area contributed by atoms with Crippen molar-refractivity contribution in [2.24, 2.45) is 0 Å². The van der Waals surface area contributed by atoms with Crippen LogP contribution in [0, 0.1) is 12.1 Å². The molecule has 3 heteroatoms. The molecule has 0 amide bonds. The Morgan fingerprint density at radius 1 is 0.644 bits per heavy atom. The second kappa shape index (κ2) is 14.6. The summed E-state index contributed by atoms with van der Waals surface area (Å²) in [6.07, 6.45) is 3.59. The first-order valence-electron chi connectivity index (χ1n) is 17.4. The van der Waals surface area contributed by atoms with Crippen LogP contribution in [-0.4, -0.2) is 9.97 Å². The summed E-state index contributed by atoms with van der Waals surface area (Å²) in [7, 11) is 0. The van der Waals surface area contributed by atoms with Gasteiger partial charge in [0, 0.05) is 32.5 Å². The van der Waals surface area contributed by atoms with Crippen LogP contribution in [0.25, 0.3) is 55.2 Å². The maximum atomic E-state index is 8.05. The summed E-state index contributed by atoms with van der Waals surface area (Å²) in [5, 5.41) is 4.98. The predicted octanol–water partition coefficient (Wildman–Crippen LogP) is 11.3. The van der Waals surface area contributed by atoms with Gasteiger partial charge in [-0.2, -0.15) is 0 Å². The van der Waals surface area contributed by atoms with Crippen LogP contribution >= 0.6 is 0 Å². The molecule has 2 aromatic heterocycles. The molecular formula is C42H36IrN2-2. The van der Waals surface area contributed by atoms with E-state index in [1.165, 1.54) is 32.7 Å². The topological polar surface area (TPSA) is 25.8 Å². The second-order valence-corrected chi connectivity index (χ2v) is 11.3. The number of hydrogen-bond donors (Lipinski definition) is 0. The molecule has 0 aliphatic rings. The Hall–Kier alpha value is -4.43. The Bertz CT molecular complexity index is 2250. The van der Waals surface area contributed by atoms with Crippen molar-refractivity contribution < 1.29 is 27.0 Å². The molecule has 0 aliphatic carbocycles. The Morgan fingerprint density at radius 3 is 2.20 bits per heavy atom. The van der Waals surface area contributed by atoms with Gasteiger partial charge in [-0.3, -0.25) is 0 Å². The molecule has 0 atom stereocenters. The van der Waals surface area contributed by atoms with Crippen molar-refractivity contribution in [2.45, 2.75) is 39.5 Å². The van der Waals surface area contributed by atoms with Gasteiger partial charge in [-0.1, -0.05) is 106 Å². The molecule has 0 aliphatic heterocycles. The third-order valence-electron chi connectivity index (χ3n) is 7.66. The van der Waals surface area contributed by atoms with Crippen LogP contribution in [0.1, 0.15) is 57.5 Å². The number of nitrogens with zero attached hydrogens (tertiary/aromatic N) is 2. The third-order valence-corrected chi connectivity index (χ3v) is 7.66. The van der Waals surface area contributed by atoms with Crippen molar-refractivity contribution in [3.05, 3.63) is 157 Å². The second-order valence-electron chi connectivity index (χ2n) is 11.3. The molecule has 2 nitrogen and oxygen atoms in total. The molecule has 0 unspecified atom stereocenters. The normalized spacial score (nSPS) is 12.4. The summed E-state index contributed by atoms with van der Waals surface area (Å²) in [5.41, 5.74) is 6.87. The number of benzene rings is 5. The fourth-order valence-electron chi connectivity index (χ4n) is 5.23. The minimum Gasteiger partial charge on any atom is -0.305 e. The molecule has 7 rings (SSSR count). The van der Waals surface area contributed by atoms with Gasteiger partial charge in [-0.05, 0) is 62.5 Å². The van der Waals surface area contributed by atoms with E-state index in [2.05, 4.69) is 99.4 Å². The van der Waals surface area contributed by atoms with Crippen molar-refractivity contribution in [3.8, 4) is 33.6 Å². The van der Waals surface area contributed by atoms with Gasteiger partial charge < -0.3 is 9.97 Å². The summed E-state index contributed by atoms with van der Waals surface area (Å²) >= 11 is 0. The molecule has 7 aromatic rings. The van der Waals surface area contributed by atoms with Crippen molar-refractivity contribution in [1.29, 1.82) is 0 Å². The summed E-state index contributed by atoms with van der Waals surface area (Å²) in [6.45, 7) is 8.94. The summed E-state index contributed by atoms with van der Waals surface area (Å²) < 4.78 is 39.3. The molecule has 5 aromatic carbocycles. The molecule has 2 heterocycles. The monoisotopic (exact) mass is 766 g/mol. The van der Waals surface area contributed by atoms with Crippen LogP contribution in [0.4, 0.5) is 0 Å². The number of aromatic nitrogens is 2. The van der Waals surface area contributed by atoms with E-state index >= 15 is 0 Å². The molecule has 0 saturated carbocycles. The maximum absolute atomic E-state index is 8.05. The van der Waals surface area contributed by atoms with Crippen LogP contribution in [0.2, 0.25) is 0 Å². The number of hydrogen-bond acceptors (Lipinski definition) is 2. The van der Waals surface area contributed by atoms with Gasteiger partial charge in [0.1, 0.15) is 0 Å². The molecule has 45 heavy (non-hydrogen) atoms. The molecule has 0 spiro atoms. The van der Waals surface area contributed by atoms with Gasteiger partial charge in [0.05, 0.1) is 6.85 Å². The van der Waals surface area contributed by atoms with Crippen LogP contribution in [0.3, 0.4) is 0 Å². The van der Waals surface area contributed by atoms with Gasteiger partial charge in [0.15, 0.2) is 0 Å². The fourth-order valence-corrected chi connectivity index (χ4v) is 5.23. The number of pyridine rings is 2. The number of fused-ring (bicyclic) bond motifs is 3. The largest absolute Gasteiger partial charge is 0.305 e. The first-order valence-corrected chi connectivity index (χ1v) is 14.9. The SMILES string of the molecule is CC(C)c1[c-]c(-c2nccc3c2ccc2ccccc23)cc(C(C)C)c1.[2H]c1c([2H])c([2H])c(-c2cc[c-]c(-c3ccccn3)c2)c([2H])c1[2H].[Ir]. The maximum Gasteiger partial charge on any atom is 0.0629 e. The van der Waals surface area contributed by atoms with Gasteiger partial charge in [0.2, 0.25) is 0 Å². The number of rotatable bonds is 5. The predicted molar refractivity (Wildman–Crippen MR) is 186 cm³/mol. The average Bonchev–Trinajstić information content (AvgIpc) is 3.13. The van der Waals surface area contributed by atoms with Crippen molar-refractivity contribution in [1.82, 2.24) is 9.97 Å². The van der Waals surface area contributed by atoms with Gasteiger partial charge in [0.25, 0.3) is 0 Å². The first-order chi connectivity index (χ1) is 23.5. The smallest absolute Gasteiger partial charge is 0.0629 e. The van der Waals surface area contributed by atoms with Crippen LogP contribution < -0.4 is 0 Å². The minimum absolute atomic E-state index is 0. The Balaban J connectivity index is 0.000000192. The van der Waals surface area contributed by atoms with Gasteiger partial charge in [-0.15, -0.1) is 70.3 Å². The van der Waals surface area contributed by atoms with Gasteiger partial charge in [-0.25, -0.2) is 0 Å². The molecule has 0 saturated heterocycles. The summed E-state index contributed by atoms with van der Waals surface area (Å²) in [4.78, 5) is 9.00. The zero-order valence-corrected chi connectivity index (χ0v) is 28.1. The minimum atomic E-state index is -0.392. The van der Waals surface area contributed by atoms with E-state index in [9.17, 15) is 0 Å². The van der Waals surface area contributed by atoms with E-state index in [4.69, 9.17) is 11.8 Å². The van der Waals surface area contributed by atoms with Crippen molar-refractivity contribution >= 4 is 21.5 Å². The van der Waals surface area contributed by atoms with E-state index in [1.807, 2.05) is 24.4 Å². The van der Waals surface area contributed by atoms with Crippen LogP contribution in [0.5, 0.6) is 0 Å². The van der Waals surface area contributed by atoms with E-state index in [0.29, 0.717) is 28.7 Å². The first kappa shape index (κ1) is 25.9. The molecule has 1 radical (unpaired) electrons. The van der Waals surface area contributed by atoms with E-state index in [1.54, 1.807) is 24.4 Å². The Kier molecular flexibility index (Phi) is 8.37.